The van der Waals surface area contributed by atoms with Gasteiger partial charge in [-0.3, -0.25) is 4.79 Å². The highest BCUT2D eigenvalue weighted by Gasteiger charge is 2.22. The van der Waals surface area contributed by atoms with E-state index >= 15 is 0 Å². The van der Waals surface area contributed by atoms with E-state index in [1.807, 2.05) is 48.2 Å². The molecule has 2 aromatic carbocycles. The van der Waals surface area contributed by atoms with Gasteiger partial charge in [-0.2, -0.15) is 5.10 Å². The molecule has 6 nitrogen and oxygen atoms in total. The molecule has 0 radical (unpaired) electrons. The van der Waals surface area contributed by atoms with Gasteiger partial charge in [-0.1, -0.05) is 53.6 Å². The summed E-state index contributed by atoms with van der Waals surface area (Å²) >= 11 is 6.46. The Balaban J connectivity index is 1.39. The number of esters is 1. The van der Waals surface area contributed by atoms with Crippen molar-refractivity contribution in [1.29, 1.82) is 0 Å². The molecular formula is C25H26ClN3O3. The second-order valence-corrected chi connectivity index (χ2v) is 8.52. The molecule has 32 heavy (non-hydrogen) atoms. The zero-order chi connectivity index (χ0) is 22.7. The number of ether oxygens (including phenoxy) is 1. The minimum atomic E-state index is -0.514. The Morgan fingerprint density at radius 2 is 1.59 bits per heavy atom. The molecular weight excluding hydrogens is 426 g/mol. The van der Waals surface area contributed by atoms with Crippen molar-refractivity contribution in [3.05, 3.63) is 87.2 Å². The fourth-order valence-electron chi connectivity index (χ4n) is 3.82. The molecule has 166 valence electrons. The Hall–Kier alpha value is -3.12. The molecule has 1 aliphatic rings. The van der Waals surface area contributed by atoms with Crippen LogP contribution in [-0.4, -0.2) is 39.6 Å². The van der Waals surface area contributed by atoms with E-state index in [0.717, 1.165) is 37.1 Å². The lowest BCUT2D eigenvalue weighted by Gasteiger charge is -2.15. The number of aromatic nitrogens is 2. The molecule has 0 aliphatic carbocycles. The smallest absolute Gasteiger partial charge is 0.343 e. The summed E-state index contributed by atoms with van der Waals surface area (Å²) in [5.41, 5.74) is 4.48. The van der Waals surface area contributed by atoms with Crippen molar-refractivity contribution in [3.63, 3.8) is 0 Å². The number of hydrogen-bond acceptors (Lipinski definition) is 4. The quantitative estimate of drug-likeness (QED) is 0.505. The first-order valence-corrected chi connectivity index (χ1v) is 11.1. The molecule has 2 heterocycles. The Morgan fingerprint density at radius 3 is 2.25 bits per heavy atom. The highest BCUT2D eigenvalue weighted by molar-refractivity contribution is 6.32. The number of rotatable bonds is 6. The minimum absolute atomic E-state index is 0.0504. The molecule has 1 aliphatic heterocycles. The third-order valence-electron chi connectivity index (χ3n) is 5.69. The van der Waals surface area contributed by atoms with Crippen LogP contribution in [0.3, 0.4) is 0 Å². The van der Waals surface area contributed by atoms with E-state index in [1.165, 1.54) is 5.56 Å². The van der Waals surface area contributed by atoms with E-state index in [4.69, 9.17) is 16.3 Å². The van der Waals surface area contributed by atoms with E-state index in [-0.39, 0.29) is 23.2 Å². The molecule has 4 rings (SSSR count). The summed E-state index contributed by atoms with van der Waals surface area (Å²) in [5, 5.41) is 4.68. The summed E-state index contributed by atoms with van der Waals surface area (Å²) in [6.45, 7) is 5.97. The summed E-state index contributed by atoms with van der Waals surface area (Å²) in [6, 6.07) is 15.3. The van der Waals surface area contributed by atoms with Gasteiger partial charge in [0.25, 0.3) is 5.91 Å². The van der Waals surface area contributed by atoms with Crippen molar-refractivity contribution in [2.24, 2.45) is 0 Å². The third kappa shape index (κ3) is 4.86. The Bertz CT molecular complexity index is 1110. The standard InChI is InChI=1S/C25H26ClN3O3/c1-17-5-7-19(8-6-17)15-29-23(26)22(18(2)27-29)25(31)32-16-20-9-11-21(12-10-20)24(30)28-13-3-4-14-28/h5-12H,3-4,13-16H2,1-2H3. The largest absolute Gasteiger partial charge is 0.457 e. The zero-order valence-corrected chi connectivity index (χ0v) is 19.1. The molecule has 1 amide bonds. The topological polar surface area (TPSA) is 64.4 Å². The van der Waals surface area contributed by atoms with Gasteiger partial charge < -0.3 is 9.64 Å². The summed E-state index contributed by atoms with van der Waals surface area (Å²) < 4.78 is 7.09. The molecule has 1 aromatic heterocycles. The van der Waals surface area contributed by atoms with E-state index in [2.05, 4.69) is 5.10 Å². The summed E-state index contributed by atoms with van der Waals surface area (Å²) in [4.78, 5) is 27.0. The highest BCUT2D eigenvalue weighted by Crippen LogP contribution is 2.23. The average Bonchev–Trinajstić information content (AvgIpc) is 3.42. The first-order valence-electron chi connectivity index (χ1n) is 10.8. The van der Waals surface area contributed by atoms with Crippen LogP contribution >= 0.6 is 11.6 Å². The van der Waals surface area contributed by atoms with Gasteiger partial charge in [-0.15, -0.1) is 0 Å². The maximum atomic E-state index is 12.7. The van der Waals surface area contributed by atoms with Gasteiger partial charge in [0.15, 0.2) is 0 Å². The van der Waals surface area contributed by atoms with Gasteiger partial charge in [-0.05, 0) is 49.9 Å². The lowest BCUT2D eigenvalue weighted by Crippen LogP contribution is -2.27. The van der Waals surface area contributed by atoms with Crippen molar-refractivity contribution < 1.29 is 14.3 Å². The molecule has 0 unspecified atom stereocenters. The second-order valence-electron chi connectivity index (χ2n) is 8.17. The lowest BCUT2D eigenvalue weighted by atomic mass is 10.1. The number of aryl methyl sites for hydroxylation is 2. The third-order valence-corrected chi connectivity index (χ3v) is 6.07. The number of nitrogens with zero attached hydrogens (tertiary/aromatic N) is 3. The molecule has 0 saturated carbocycles. The first kappa shape index (κ1) is 22.1. The summed E-state index contributed by atoms with van der Waals surface area (Å²) in [6.07, 6.45) is 2.12. The molecule has 1 fully saturated rings. The average molecular weight is 452 g/mol. The predicted molar refractivity (Wildman–Crippen MR) is 123 cm³/mol. The van der Waals surface area contributed by atoms with Crippen LogP contribution in [0.4, 0.5) is 0 Å². The van der Waals surface area contributed by atoms with Crippen molar-refractivity contribution in [2.75, 3.05) is 13.1 Å². The van der Waals surface area contributed by atoms with Crippen LogP contribution in [-0.2, 0) is 17.9 Å². The number of carbonyl (C=O) groups excluding carboxylic acids is 2. The molecule has 0 bridgehead atoms. The van der Waals surface area contributed by atoms with Crippen molar-refractivity contribution in [3.8, 4) is 0 Å². The monoisotopic (exact) mass is 451 g/mol. The normalized spacial score (nSPS) is 13.4. The fraction of sp³-hybridized carbons (Fsp3) is 0.320. The van der Waals surface area contributed by atoms with Crippen LogP contribution in [0, 0.1) is 13.8 Å². The number of halogens is 1. The van der Waals surface area contributed by atoms with Crippen molar-refractivity contribution in [2.45, 2.75) is 39.8 Å². The first-order chi connectivity index (χ1) is 15.4. The minimum Gasteiger partial charge on any atom is -0.457 e. The van der Waals surface area contributed by atoms with Crippen LogP contribution in [0.5, 0.6) is 0 Å². The van der Waals surface area contributed by atoms with E-state index < -0.39 is 5.97 Å². The second kappa shape index (κ2) is 9.57. The molecule has 0 atom stereocenters. The van der Waals surface area contributed by atoms with Crippen LogP contribution in [0.25, 0.3) is 0 Å². The van der Waals surface area contributed by atoms with Gasteiger partial charge in [0.1, 0.15) is 17.3 Å². The zero-order valence-electron chi connectivity index (χ0n) is 18.3. The number of carbonyl (C=O) groups is 2. The molecule has 1 saturated heterocycles. The van der Waals surface area contributed by atoms with E-state index in [0.29, 0.717) is 17.8 Å². The van der Waals surface area contributed by atoms with Crippen LogP contribution in [0.2, 0.25) is 5.15 Å². The van der Waals surface area contributed by atoms with Gasteiger partial charge in [0.05, 0.1) is 12.2 Å². The number of likely N-dealkylation sites (tertiary alicyclic amines) is 1. The SMILES string of the molecule is Cc1ccc(Cn2nc(C)c(C(=O)OCc3ccc(C(=O)N4CCCC4)cc3)c2Cl)cc1. The van der Waals surface area contributed by atoms with Crippen molar-refractivity contribution >= 4 is 23.5 Å². The van der Waals surface area contributed by atoms with Crippen molar-refractivity contribution in [1.82, 2.24) is 14.7 Å². The number of amides is 1. The molecule has 0 N–H and O–H groups in total. The summed E-state index contributed by atoms with van der Waals surface area (Å²) in [7, 11) is 0. The van der Waals surface area contributed by atoms with E-state index in [9.17, 15) is 9.59 Å². The predicted octanol–water partition coefficient (Wildman–Crippen LogP) is 4.79. The van der Waals surface area contributed by atoms with Gasteiger partial charge in [-0.25, -0.2) is 9.48 Å². The Labute approximate surface area is 192 Å². The van der Waals surface area contributed by atoms with Gasteiger partial charge in [0.2, 0.25) is 0 Å². The summed E-state index contributed by atoms with van der Waals surface area (Å²) in [5.74, 6) is -0.464. The molecule has 3 aromatic rings. The Morgan fingerprint density at radius 1 is 0.969 bits per heavy atom. The van der Waals surface area contributed by atoms with Crippen LogP contribution in [0.15, 0.2) is 48.5 Å². The lowest BCUT2D eigenvalue weighted by molar-refractivity contribution is 0.0471. The number of hydrogen-bond donors (Lipinski definition) is 0. The highest BCUT2D eigenvalue weighted by atomic mass is 35.5. The maximum Gasteiger partial charge on any atom is 0.343 e. The fourth-order valence-corrected chi connectivity index (χ4v) is 4.14. The maximum absolute atomic E-state index is 12.7. The Kier molecular flexibility index (Phi) is 6.61. The van der Waals surface area contributed by atoms with Crippen LogP contribution in [0.1, 0.15) is 55.9 Å². The molecule has 7 heteroatoms. The van der Waals surface area contributed by atoms with Gasteiger partial charge >= 0.3 is 5.97 Å². The van der Waals surface area contributed by atoms with Gasteiger partial charge in [0, 0.05) is 18.7 Å². The van der Waals surface area contributed by atoms with E-state index in [1.54, 1.807) is 23.7 Å². The van der Waals surface area contributed by atoms with Crippen LogP contribution < -0.4 is 0 Å². The number of benzene rings is 2. The molecule has 0 spiro atoms.